The summed E-state index contributed by atoms with van der Waals surface area (Å²) in [6.45, 7) is 4.62. The van der Waals surface area contributed by atoms with E-state index in [1.807, 2.05) is 0 Å². The maximum Gasteiger partial charge on any atom is -0.0533 e. The molecule has 0 aromatic rings. The Hall–Kier alpha value is 0. The van der Waals surface area contributed by atoms with Crippen molar-refractivity contribution in [3.05, 3.63) is 0 Å². The minimum absolute atomic E-state index is 0. The molecule has 0 saturated carbocycles. The van der Waals surface area contributed by atoms with Crippen LogP contribution < -0.4 is 0 Å². The van der Waals surface area contributed by atoms with E-state index in [-0.39, 0.29) is 7.43 Å². The molecule has 0 aliphatic rings. The third-order valence-electron chi connectivity index (χ3n) is 7.96. The van der Waals surface area contributed by atoms with E-state index in [4.69, 9.17) is 0 Å². The smallest absolute Gasteiger partial charge is 0.0533 e. The van der Waals surface area contributed by atoms with Gasteiger partial charge in [-0.3, -0.25) is 0 Å². The molecule has 0 aromatic carbocycles. The maximum absolute atomic E-state index is 2.31. The number of hydrogen-bond acceptors (Lipinski definition) is 0. The molecule has 0 heteroatoms. The Labute approximate surface area is 226 Å². The van der Waals surface area contributed by atoms with E-state index in [9.17, 15) is 0 Å². The van der Waals surface area contributed by atoms with E-state index in [0.717, 1.165) is 0 Å². The van der Waals surface area contributed by atoms with Crippen molar-refractivity contribution in [3.63, 3.8) is 0 Å². The highest BCUT2D eigenvalue weighted by atomic mass is 14.0. The molecule has 0 atom stereocenters. The van der Waals surface area contributed by atoms with Gasteiger partial charge in [-0.15, -0.1) is 0 Å². The van der Waals surface area contributed by atoms with Gasteiger partial charge in [0.05, 0.1) is 0 Å². The first-order valence-electron chi connectivity index (χ1n) is 16.9. The van der Waals surface area contributed by atoms with Gasteiger partial charge in [0.15, 0.2) is 0 Å². The van der Waals surface area contributed by atoms with Gasteiger partial charge in [0.1, 0.15) is 0 Å². The minimum Gasteiger partial charge on any atom is -0.0776 e. The van der Waals surface area contributed by atoms with Crippen molar-refractivity contribution in [2.45, 2.75) is 227 Å². The fraction of sp³-hybridized carbons (Fsp3) is 1.00. The largest absolute Gasteiger partial charge is 0.0776 e. The highest BCUT2D eigenvalue weighted by molar-refractivity contribution is 4.52. The number of rotatable bonds is 31. The molecule has 0 fully saturated rings. The van der Waals surface area contributed by atoms with Crippen LogP contribution in [0.2, 0.25) is 0 Å². The summed E-state index contributed by atoms with van der Waals surface area (Å²) in [5, 5.41) is 0. The van der Waals surface area contributed by atoms with Crippen molar-refractivity contribution >= 4 is 0 Å². The van der Waals surface area contributed by atoms with Crippen LogP contribution in [-0.4, -0.2) is 0 Å². The molecule has 0 saturated heterocycles. The number of hydrogen-bond donors (Lipinski definition) is 0. The van der Waals surface area contributed by atoms with Crippen molar-refractivity contribution < 1.29 is 0 Å². The van der Waals surface area contributed by atoms with Gasteiger partial charge in [0, 0.05) is 0 Å². The summed E-state index contributed by atoms with van der Waals surface area (Å²) < 4.78 is 0. The molecular formula is C35H74. The van der Waals surface area contributed by atoms with Gasteiger partial charge < -0.3 is 0 Å². The maximum atomic E-state index is 2.31. The van der Waals surface area contributed by atoms with Gasteiger partial charge >= 0.3 is 0 Å². The highest BCUT2D eigenvalue weighted by Crippen LogP contribution is 2.16. The van der Waals surface area contributed by atoms with E-state index < -0.39 is 0 Å². The fourth-order valence-electron chi connectivity index (χ4n) is 5.45. The van der Waals surface area contributed by atoms with Gasteiger partial charge in [0.25, 0.3) is 0 Å². The molecule has 0 rings (SSSR count). The minimum atomic E-state index is 0. The molecule has 35 heavy (non-hydrogen) atoms. The molecule has 0 heterocycles. The lowest BCUT2D eigenvalue weighted by Gasteiger charge is -2.04. The Kier molecular flexibility index (Phi) is 38.4. The Balaban J connectivity index is 0. The summed E-state index contributed by atoms with van der Waals surface area (Å²) in [5.41, 5.74) is 0. The molecule has 214 valence electrons. The van der Waals surface area contributed by atoms with Crippen molar-refractivity contribution in [1.82, 2.24) is 0 Å². The lowest BCUT2D eigenvalue weighted by Crippen LogP contribution is -1.85. The summed E-state index contributed by atoms with van der Waals surface area (Å²) in [6.07, 6.45) is 47.4. The second kappa shape index (κ2) is 36.2. The molecule has 0 nitrogen and oxygen atoms in total. The topological polar surface area (TPSA) is 0 Å². The predicted octanol–water partition coefficient (Wildman–Crippen LogP) is 14.1. The molecule has 0 aliphatic carbocycles. The van der Waals surface area contributed by atoms with Crippen LogP contribution >= 0.6 is 0 Å². The number of unbranched alkanes of at least 4 members (excludes halogenated alkanes) is 31. The molecule has 0 aromatic heterocycles. The Bertz CT molecular complexity index is 288. The van der Waals surface area contributed by atoms with Gasteiger partial charge in [0.2, 0.25) is 0 Å². The van der Waals surface area contributed by atoms with Crippen LogP contribution in [0.3, 0.4) is 0 Å². The molecule has 0 unspecified atom stereocenters. The van der Waals surface area contributed by atoms with E-state index in [1.54, 1.807) is 0 Å². The average Bonchev–Trinajstić information content (AvgIpc) is 2.85. The van der Waals surface area contributed by atoms with Crippen LogP contribution in [-0.2, 0) is 0 Å². The van der Waals surface area contributed by atoms with Gasteiger partial charge in [-0.05, 0) is 0 Å². The first-order chi connectivity index (χ1) is 16.9. The summed E-state index contributed by atoms with van der Waals surface area (Å²) in [7, 11) is 0. The van der Waals surface area contributed by atoms with E-state index in [2.05, 4.69) is 13.8 Å². The van der Waals surface area contributed by atoms with Crippen molar-refractivity contribution in [1.29, 1.82) is 0 Å². The Morgan fingerprint density at radius 1 is 0.171 bits per heavy atom. The summed E-state index contributed by atoms with van der Waals surface area (Å²) in [4.78, 5) is 0. The van der Waals surface area contributed by atoms with Gasteiger partial charge in [-0.2, -0.15) is 0 Å². The van der Waals surface area contributed by atoms with Gasteiger partial charge in [-0.25, -0.2) is 0 Å². The third kappa shape index (κ3) is 36.2. The highest BCUT2D eigenvalue weighted by Gasteiger charge is 1.97. The molecule has 0 aliphatic heterocycles. The van der Waals surface area contributed by atoms with E-state index in [0.29, 0.717) is 0 Å². The van der Waals surface area contributed by atoms with Crippen molar-refractivity contribution in [3.8, 4) is 0 Å². The molecular weight excluding hydrogens is 420 g/mol. The molecule has 0 bridgehead atoms. The second-order valence-corrected chi connectivity index (χ2v) is 11.6. The van der Waals surface area contributed by atoms with E-state index in [1.165, 1.54) is 205 Å². The standard InChI is InChI=1S/C34H70.CH4/c1-3-5-7-9-11-13-15-17-19-21-23-25-27-29-31-33-34-32-30-28-26-24-22-20-18-16-14-12-10-8-6-4-2;/h3-34H2,1-2H3;1H4. The average molecular weight is 495 g/mol. The molecule has 0 amide bonds. The predicted molar refractivity (Wildman–Crippen MR) is 166 cm³/mol. The molecule has 0 N–H and O–H groups in total. The second-order valence-electron chi connectivity index (χ2n) is 11.6. The lowest BCUT2D eigenvalue weighted by atomic mass is 10.0. The quantitative estimate of drug-likeness (QED) is 0.0840. The zero-order chi connectivity index (χ0) is 24.6. The first-order valence-corrected chi connectivity index (χ1v) is 16.9. The van der Waals surface area contributed by atoms with Gasteiger partial charge in [-0.1, -0.05) is 227 Å². The van der Waals surface area contributed by atoms with Crippen molar-refractivity contribution in [2.75, 3.05) is 0 Å². The summed E-state index contributed by atoms with van der Waals surface area (Å²) >= 11 is 0. The Morgan fingerprint density at radius 3 is 0.343 bits per heavy atom. The first kappa shape index (κ1) is 37.2. The fourth-order valence-corrected chi connectivity index (χ4v) is 5.45. The summed E-state index contributed by atoms with van der Waals surface area (Å²) in [5.74, 6) is 0. The van der Waals surface area contributed by atoms with Crippen LogP contribution in [0, 0.1) is 0 Å². The van der Waals surface area contributed by atoms with Crippen LogP contribution in [0.5, 0.6) is 0 Å². The van der Waals surface area contributed by atoms with Crippen molar-refractivity contribution in [2.24, 2.45) is 0 Å². The molecule has 0 spiro atoms. The van der Waals surface area contributed by atoms with Crippen LogP contribution in [0.4, 0.5) is 0 Å². The zero-order valence-electron chi connectivity index (χ0n) is 24.6. The normalized spacial score (nSPS) is 11.1. The lowest BCUT2D eigenvalue weighted by molar-refractivity contribution is 0.512. The van der Waals surface area contributed by atoms with Crippen LogP contribution in [0.1, 0.15) is 227 Å². The SMILES string of the molecule is C.CCCCCCCCCCCCCCCCCCCCCCCCCCCCCCCCCC. The monoisotopic (exact) mass is 495 g/mol. The summed E-state index contributed by atoms with van der Waals surface area (Å²) in [6, 6.07) is 0. The van der Waals surface area contributed by atoms with Crippen LogP contribution in [0.25, 0.3) is 0 Å². The zero-order valence-corrected chi connectivity index (χ0v) is 24.6. The van der Waals surface area contributed by atoms with E-state index >= 15 is 0 Å². The van der Waals surface area contributed by atoms with Crippen LogP contribution in [0.15, 0.2) is 0 Å². The Morgan fingerprint density at radius 2 is 0.257 bits per heavy atom. The molecule has 0 radical (unpaired) electrons. The third-order valence-corrected chi connectivity index (χ3v) is 7.96.